The molecule has 1 fully saturated rings. The minimum absolute atomic E-state index is 0.0367. The van der Waals surface area contributed by atoms with Crippen molar-refractivity contribution in [1.82, 2.24) is 14.7 Å². The average Bonchev–Trinajstić information content (AvgIpc) is 2.94. The third-order valence-electron chi connectivity index (χ3n) is 7.77. The van der Waals surface area contributed by atoms with E-state index in [9.17, 15) is 14.4 Å². The maximum absolute atomic E-state index is 13.9. The summed E-state index contributed by atoms with van der Waals surface area (Å²) in [6.07, 6.45) is 0.737. The summed E-state index contributed by atoms with van der Waals surface area (Å²) in [4.78, 5) is 44.7. The van der Waals surface area contributed by atoms with Gasteiger partial charge in [0.15, 0.2) is 11.5 Å². The van der Waals surface area contributed by atoms with Gasteiger partial charge in [-0.05, 0) is 60.4 Å². The molecule has 0 radical (unpaired) electrons. The SMILES string of the molecule is COc1ccc(OC)c(CC2(CN3CCc4cc(OC)c(OC)cc4[C@@H]3C)C(=O)N(C)C(=O)N(C)C2=O)c1. The Morgan fingerprint density at radius 1 is 0.842 bits per heavy atom. The molecule has 0 spiro atoms. The average molecular weight is 526 g/mol. The molecule has 10 nitrogen and oxygen atoms in total. The van der Waals surface area contributed by atoms with Crippen molar-refractivity contribution in [2.75, 3.05) is 55.6 Å². The van der Waals surface area contributed by atoms with E-state index in [1.807, 2.05) is 19.1 Å². The zero-order chi connectivity index (χ0) is 27.8. The maximum Gasteiger partial charge on any atom is 0.332 e. The molecule has 38 heavy (non-hydrogen) atoms. The fourth-order valence-corrected chi connectivity index (χ4v) is 5.58. The van der Waals surface area contributed by atoms with Crippen LogP contribution in [0.2, 0.25) is 0 Å². The Balaban J connectivity index is 1.79. The Bertz CT molecular complexity index is 1240. The number of imide groups is 2. The van der Waals surface area contributed by atoms with Crippen molar-refractivity contribution in [2.24, 2.45) is 5.41 Å². The van der Waals surface area contributed by atoms with Crippen LogP contribution in [0.25, 0.3) is 0 Å². The van der Waals surface area contributed by atoms with E-state index in [4.69, 9.17) is 18.9 Å². The van der Waals surface area contributed by atoms with Gasteiger partial charge >= 0.3 is 6.03 Å². The Kier molecular flexibility index (Phi) is 7.55. The van der Waals surface area contributed by atoms with E-state index in [0.29, 0.717) is 41.5 Å². The van der Waals surface area contributed by atoms with Crippen LogP contribution in [0.4, 0.5) is 4.79 Å². The maximum atomic E-state index is 13.9. The second-order valence-corrected chi connectivity index (χ2v) is 9.75. The summed E-state index contributed by atoms with van der Waals surface area (Å²) in [6.45, 7) is 2.77. The quantitative estimate of drug-likeness (QED) is 0.486. The number of hydrogen-bond acceptors (Lipinski definition) is 8. The molecule has 2 aromatic rings. The lowest BCUT2D eigenvalue weighted by Gasteiger charge is -2.46. The monoisotopic (exact) mass is 525 g/mol. The van der Waals surface area contributed by atoms with Crippen LogP contribution in [0, 0.1) is 5.41 Å². The van der Waals surface area contributed by atoms with Crippen molar-refractivity contribution in [3.05, 3.63) is 47.0 Å². The van der Waals surface area contributed by atoms with Gasteiger partial charge in [-0.15, -0.1) is 0 Å². The van der Waals surface area contributed by atoms with Gasteiger partial charge in [-0.25, -0.2) is 4.79 Å². The molecular weight excluding hydrogens is 490 g/mol. The van der Waals surface area contributed by atoms with Gasteiger partial charge in [0, 0.05) is 39.6 Å². The number of hydrogen-bond donors (Lipinski definition) is 0. The molecule has 4 rings (SSSR count). The van der Waals surface area contributed by atoms with E-state index in [-0.39, 0.29) is 19.0 Å². The Morgan fingerprint density at radius 2 is 1.45 bits per heavy atom. The molecule has 2 heterocycles. The van der Waals surface area contributed by atoms with E-state index in [0.717, 1.165) is 20.9 Å². The number of carbonyl (C=O) groups excluding carboxylic acids is 3. The first-order chi connectivity index (χ1) is 18.1. The zero-order valence-electron chi connectivity index (χ0n) is 23.0. The fraction of sp³-hybridized carbons (Fsp3) is 0.464. The first-order valence-corrected chi connectivity index (χ1v) is 12.4. The molecule has 0 bridgehead atoms. The van der Waals surface area contributed by atoms with Crippen molar-refractivity contribution in [3.63, 3.8) is 0 Å². The minimum Gasteiger partial charge on any atom is -0.497 e. The van der Waals surface area contributed by atoms with Gasteiger partial charge in [0.05, 0.1) is 28.4 Å². The van der Waals surface area contributed by atoms with Crippen LogP contribution in [0.1, 0.15) is 29.7 Å². The molecule has 2 aliphatic rings. The van der Waals surface area contributed by atoms with E-state index in [2.05, 4.69) is 4.90 Å². The normalized spacial score (nSPS) is 19.3. The second-order valence-electron chi connectivity index (χ2n) is 9.75. The van der Waals surface area contributed by atoms with Crippen LogP contribution in [0.15, 0.2) is 30.3 Å². The highest BCUT2D eigenvalue weighted by Crippen LogP contribution is 2.42. The molecule has 0 unspecified atom stereocenters. The summed E-state index contributed by atoms with van der Waals surface area (Å²) in [5.41, 5.74) is 1.25. The second kappa shape index (κ2) is 10.5. The van der Waals surface area contributed by atoms with Gasteiger partial charge in [0.1, 0.15) is 16.9 Å². The molecule has 1 saturated heterocycles. The van der Waals surface area contributed by atoms with Gasteiger partial charge in [-0.1, -0.05) is 0 Å². The third kappa shape index (κ3) is 4.42. The zero-order valence-corrected chi connectivity index (χ0v) is 23.0. The number of methoxy groups -OCH3 is 4. The molecular formula is C28H35N3O7. The number of amides is 4. The number of barbiturate groups is 1. The Morgan fingerprint density at radius 3 is 2.03 bits per heavy atom. The molecule has 0 aromatic heterocycles. The van der Waals surface area contributed by atoms with Crippen molar-refractivity contribution < 1.29 is 33.3 Å². The number of nitrogens with zero attached hydrogens (tertiary/aromatic N) is 3. The predicted octanol–water partition coefficient (Wildman–Crippen LogP) is 2.92. The third-order valence-corrected chi connectivity index (χ3v) is 7.77. The lowest BCUT2D eigenvalue weighted by atomic mass is 9.75. The summed E-state index contributed by atoms with van der Waals surface area (Å²) in [5, 5.41) is 0. The number of ether oxygens (including phenoxy) is 4. The van der Waals surface area contributed by atoms with E-state index < -0.39 is 23.3 Å². The number of fused-ring (bicyclic) bond motifs is 1. The summed E-state index contributed by atoms with van der Waals surface area (Å²) in [7, 11) is 9.11. The molecule has 2 aromatic carbocycles. The Labute approximate surface area is 223 Å². The van der Waals surface area contributed by atoms with Gasteiger partial charge in [0.25, 0.3) is 0 Å². The lowest BCUT2D eigenvalue weighted by molar-refractivity contribution is -0.159. The van der Waals surface area contributed by atoms with Gasteiger partial charge in [0.2, 0.25) is 11.8 Å². The highest BCUT2D eigenvalue weighted by atomic mass is 16.5. The molecule has 2 aliphatic heterocycles. The van der Waals surface area contributed by atoms with Crippen molar-refractivity contribution >= 4 is 17.8 Å². The molecule has 1 atom stereocenters. The number of carbonyl (C=O) groups is 3. The topological polar surface area (TPSA) is 97.8 Å². The van der Waals surface area contributed by atoms with Gasteiger partial charge in [-0.3, -0.25) is 24.3 Å². The largest absolute Gasteiger partial charge is 0.497 e. The van der Waals surface area contributed by atoms with Crippen LogP contribution >= 0.6 is 0 Å². The van der Waals surface area contributed by atoms with Crippen molar-refractivity contribution in [1.29, 1.82) is 0 Å². The smallest absolute Gasteiger partial charge is 0.332 e. The summed E-state index contributed by atoms with van der Waals surface area (Å²) < 4.78 is 22.0. The molecule has 0 aliphatic carbocycles. The summed E-state index contributed by atoms with van der Waals surface area (Å²) in [6, 6.07) is 8.43. The molecule has 0 N–H and O–H groups in total. The molecule has 204 valence electrons. The highest BCUT2D eigenvalue weighted by molar-refractivity contribution is 6.19. The standard InChI is InChI=1S/C28H35N3O7/c1-17-21-14-24(38-7)23(37-6)13-18(21)10-11-31(17)16-28(25(32)29(2)27(34)30(3)26(28)33)15-19-12-20(35-4)8-9-22(19)36-5/h8-9,12-14,17H,10-11,15-16H2,1-7H3/t17-/m0/s1. The van der Waals surface area contributed by atoms with E-state index in [1.165, 1.54) is 21.2 Å². The number of urea groups is 1. The van der Waals surface area contributed by atoms with E-state index in [1.54, 1.807) is 39.5 Å². The van der Waals surface area contributed by atoms with Crippen LogP contribution in [-0.4, -0.2) is 88.2 Å². The minimum atomic E-state index is -1.56. The summed E-state index contributed by atoms with van der Waals surface area (Å²) >= 11 is 0. The number of benzene rings is 2. The van der Waals surface area contributed by atoms with Gasteiger partial charge < -0.3 is 18.9 Å². The van der Waals surface area contributed by atoms with Crippen molar-refractivity contribution in [2.45, 2.75) is 25.8 Å². The number of rotatable bonds is 8. The summed E-state index contributed by atoms with van der Waals surface area (Å²) in [5.74, 6) is 1.30. The first-order valence-electron chi connectivity index (χ1n) is 12.4. The van der Waals surface area contributed by atoms with Crippen LogP contribution < -0.4 is 18.9 Å². The molecule has 10 heteroatoms. The van der Waals surface area contributed by atoms with E-state index >= 15 is 0 Å². The molecule has 4 amide bonds. The lowest BCUT2D eigenvalue weighted by Crippen LogP contribution is -2.67. The van der Waals surface area contributed by atoms with Crippen LogP contribution in [0.3, 0.4) is 0 Å². The van der Waals surface area contributed by atoms with Gasteiger partial charge in [-0.2, -0.15) is 0 Å². The molecule has 0 saturated carbocycles. The first kappa shape index (κ1) is 27.3. The van der Waals surface area contributed by atoms with Crippen LogP contribution in [0.5, 0.6) is 23.0 Å². The predicted molar refractivity (Wildman–Crippen MR) is 140 cm³/mol. The Hall–Kier alpha value is -3.79. The highest BCUT2D eigenvalue weighted by Gasteiger charge is 2.57. The fourth-order valence-electron chi connectivity index (χ4n) is 5.58. The van der Waals surface area contributed by atoms with Crippen LogP contribution in [-0.2, 0) is 22.4 Å². The van der Waals surface area contributed by atoms with Crippen molar-refractivity contribution in [3.8, 4) is 23.0 Å².